The molecule has 0 N–H and O–H groups in total. The van der Waals surface area contributed by atoms with Gasteiger partial charge in [-0.05, 0) is 23.5 Å². The van der Waals surface area contributed by atoms with Crippen LogP contribution in [0.2, 0.25) is 0 Å². The van der Waals surface area contributed by atoms with Gasteiger partial charge in [0.25, 0.3) is 0 Å². The van der Waals surface area contributed by atoms with E-state index in [9.17, 15) is 0 Å². The predicted molar refractivity (Wildman–Crippen MR) is 63.1 cm³/mol. The zero-order chi connectivity index (χ0) is 10.1. The first kappa shape index (κ1) is 9.66. The Balaban J connectivity index is 2.72. The van der Waals surface area contributed by atoms with Crippen LogP contribution in [0.25, 0.3) is 10.2 Å². The maximum atomic E-state index is 4.45. The van der Waals surface area contributed by atoms with Crippen molar-refractivity contribution in [1.82, 2.24) is 4.98 Å². The molecular formula is C12H15NS. The fourth-order valence-electron chi connectivity index (χ4n) is 1.76. The Hall–Kier alpha value is -0.890. The largest absolute Gasteiger partial charge is 0.244 e. The van der Waals surface area contributed by atoms with Crippen LogP contribution in [0.5, 0.6) is 0 Å². The van der Waals surface area contributed by atoms with Crippen LogP contribution >= 0.6 is 11.3 Å². The Morgan fingerprint density at radius 3 is 2.79 bits per heavy atom. The number of benzene rings is 1. The molecule has 2 heteroatoms. The van der Waals surface area contributed by atoms with Crippen molar-refractivity contribution in [3.05, 3.63) is 28.8 Å². The van der Waals surface area contributed by atoms with Crippen LogP contribution in [0.15, 0.2) is 17.6 Å². The number of thiazole rings is 1. The lowest BCUT2D eigenvalue weighted by Crippen LogP contribution is -1.90. The second kappa shape index (κ2) is 3.70. The summed E-state index contributed by atoms with van der Waals surface area (Å²) in [7, 11) is 0. The van der Waals surface area contributed by atoms with Crippen LogP contribution in [0.1, 0.15) is 37.8 Å². The summed E-state index contributed by atoms with van der Waals surface area (Å²) < 4.78 is 1.37. The van der Waals surface area contributed by atoms with Gasteiger partial charge in [0, 0.05) is 0 Å². The summed E-state index contributed by atoms with van der Waals surface area (Å²) in [4.78, 5) is 4.45. The van der Waals surface area contributed by atoms with Crippen LogP contribution < -0.4 is 0 Å². The highest BCUT2D eigenvalue weighted by Gasteiger charge is 2.09. The van der Waals surface area contributed by atoms with E-state index in [2.05, 4.69) is 37.9 Å². The smallest absolute Gasteiger partial charge is 0.0846 e. The molecule has 0 unspecified atom stereocenters. The number of aryl methyl sites for hydroxylation is 1. The van der Waals surface area contributed by atoms with Crippen molar-refractivity contribution >= 4 is 21.6 Å². The molecule has 0 saturated carbocycles. The van der Waals surface area contributed by atoms with E-state index in [-0.39, 0.29) is 0 Å². The molecular weight excluding hydrogens is 190 g/mol. The van der Waals surface area contributed by atoms with E-state index in [1.54, 1.807) is 11.3 Å². The molecule has 1 aromatic carbocycles. The second-order valence-electron chi connectivity index (χ2n) is 3.85. The fraction of sp³-hybridized carbons (Fsp3) is 0.417. The van der Waals surface area contributed by atoms with Gasteiger partial charge in [-0.15, -0.1) is 11.3 Å². The number of rotatable bonds is 2. The molecule has 0 radical (unpaired) electrons. The number of hydrogen-bond acceptors (Lipinski definition) is 2. The summed E-state index contributed by atoms with van der Waals surface area (Å²) in [6.45, 7) is 6.66. The number of nitrogens with zero attached hydrogens (tertiary/aromatic N) is 1. The summed E-state index contributed by atoms with van der Waals surface area (Å²) in [5.74, 6) is 0.587. The number of aromatic nitrogens is 1. The third-order valence-corrected chi connectivity index (χ3v) is 3.48. The van der Waals surface area contributed by atoms with Crippen molar-refractivity contribution in [2.45, 2.75) is 33.1 Å². The van der Waals surface area contributed by atoms with Gasteiger partial charge in [0.15, 0.2) is 0 Å². The van der Waals surface area contributed by atoms with E-state index < -0.39 is 0 Å². The Morgan fingerprint density at radius 1 is 1.36 bits per heavy atom. The van der Waals surface area contributed by atoms with Gasteiger partial charge in [-0.2, -0.15) is 0 Å². The Kier molecular flexibility index (Phi) is 2.55. The van der Waals surface area contributed by atoms with Crippen molar-refractivity contribution in [2.75, 3.05) is 0 Å². The van der Waals surface area contributed by atoms with Gasteiger partial charge in [-0.25, -0.2) is 4.98 Å². The standard InChI is InChI=1S/C12H15NS/c1-4-9-5-6-10(8(2)3)12-11(9)13-7-14-12/h5-8H,4H2,1-3H3. The molecule has 0 aliphatic heterocycles. The average molecular weight is 205 g/mol. The van der Waals surface area contributed by atoms with E-state index in [1.165, 1.54) is 21.3 Å². The molecule has 74 valence electrons. The topological polar surface area (TPSA) is 12.9 Å². The molecule has 0 bridgehead atoms. The minimum absolute atomic E-state index is 0.587. The third-order valence-electron chi connectivity index (χ3n) is 2.60. The molecule has 2 rings (SSSR count). The maximum absolute atomic E-state index is 4.45. The van der Waals surface area contributed by atoms with E-state index in [1.807, 2.05) is 5.51 Å². The van der Waals surface area contributed by atoms with Crippen molar-refractivity contribution in [2.24, 2.45) is 0 Å². The highest BCUT2D eigenvalue weighted by Crippen LogP contribution is 2.30. The minimum Gasteiger partial charge on any atom is -0.244 e. The summed E-state index contributed by atoms with van der Waals surface area (Å²) in [5, 5.41) is 0. The molecule has 0 aliphatic carbocycles. The molecule has 14 heavy (non-hydrogen) atoms. The molecule has 0 fully saturated rings. The van der Waals surface area contributed by atoms with Gasteiger partial charge < -0.3 is 0 Å². The van der Waals surface area contributed by atoms with Crippen molar-refractivity contribution < 1.29 is 0 Å². The first-order chi connectivity index (χ1) is 6.74. The van der Waals surface area contributed by atoms with Gasteiger partial charge in [0.05, 0.1) is 15.7 Å². The lowest BCUT2D eigenvalue weighted by Gasteiger charge is -2.08. The van der Waals surface area contributed by atoms with Gasteiger partial charge in [-0.3, -0.25) is 0 Å². The first-order valence-electron chi connectivity index (χ1n) is 5.09. The Morgan fingerprint density at radius 2 is 2.14 bits per heavy atom. The van der Waals surface area contributed by atoms with Crippen LogP contribution in [-0.2, 0) is 6.42 Å². The van der Waals surface area contributed by atoms with E-state index in [0.29, 0.717) is 5.92 Å². The number of fused-ring (bicyclic) bond motifs is 1. The average Bonchev–Trinajstić information content (AvgIpc) is 2.64. The summed E-state index contributed by atoms with van der Waals surface area (Å²) in [6.07, 6.45) is 1.07. The van der Waals surface area contributed by atoms with Crippen LogP contribution in [0.3, 0.4) is 0 Å². The van der Waals surface area contributed by atoms with E-state index >= 15 is 0 Å². The highest BCUT2D eigenvalue weighted by atomic mass is 32.1. The molecule has 2 aromatic rings. The van der Waals surface area contributed by atoms with E-state index in [0.717, 1.165) is 6.42 Å². The molecule has 0 spiro atoms. The van der Waals surface area contributed by atoms with E-state index in [4.69, 9.17) is 0 Å². The minimum atomic E-state index is 0.587. The number of hydrogen-bond donors (Lipinski definition) is 0. The Bertz CT molecular complexity index is 443. The fourth-order valence-corrected chi connectivity index (χ4v) is 2.76. The van der Waals surface area contributed by atoms with Gasteiger partial charge in [0.2, 0.25) is 0 Å². The summed E-state index contributed by atoms with van der Waals surface area (Å²) in [5.41, 5.74) is 5.96. The molecule has 0 amide bonds. The second-order valence-corrected chi connectivity index (χ2v) is 4.71. The van der Waals surface area contributed by atoms with Crippen molar-refractivity contribution in [3.63, 3.8) is 0 Å². The zero-order valence-corrected chi connectivity index (χ0v) is 9.69. The normalized spacial score (nSPS) is 11.4. The summed E-state index contributed by atoms with van der Waals surface area (Å²) >= 11 is 1.76. The van der Waals surface area contributed by atoms with Crippen LogP contribution in [-0.4, -0.2) is 4.98 Å². The molecule has 1 nitrogen and oxygen atoms in total. The quantitative estimate of drug-likeness (QED) is 0.722. The highest BCUT2D eigenvalue weighted by molar-refractivity contribution is 7.17. The monoisotopic (exact) mass is 205 g/mol. The molecule has 1 aromatic heterocycles. The molecule has 0 atom stereocenters. The van der Waals surface area contributed by atoms with Gasteiger partial charge in [0.1, 0.15) is 0 Å². The van der Waals surface area contributed by atoms with Crippen molar-refractivity contribution in [3.8, 4) is 0 Å². The molecule has 0 aliphatic rings. The molecule has 1 heterocycles. The summed E-state index contributed by atoms with van der Waals surface area (Å²) in [6, 6.07) is 4.47. The van der Waals surface area contributed by atoms with Crippen LogP contribution in [0, 0.1) is 0 Å². The predicted octanol–water partition coefficient (Wildman–Crippen LogP) is 3.98. The Labute approximate surface area is 88.8 Å². The maximum Gasteiger partial charge on any atom is 0.0846 e. The molecule has 0 saturated heterocycles. The van der Waals surface area contributed by atoms with Gasteiger partial charge >= 0.3 is 0 Å². The lowest BCUT2D eigenvalue weighted by atomic mass is 10.00. The third kappa shape index (κ3) is 1.44. The zero-order valence-electron chi connectivity index (χ0n) is 8.87. The lowest BCUT2D eigenvalue weighted by molar-refractivity contribution is 0.877. The van der Waals surface area contributed by atoms with Crippen molar-refractivity contribution in [1.29, 1.82) is 0 Å². The van der Waals surface area contributed by atoms with Crippen LogP contribution in [0.4, 0.5) is 0 Å². The first-order valence-corrected chi connectivity index (χ1v) is 5.97. The van der Waals surface area contributed by atoms with Gasteiger partial charge in [-0.1, -0.05) is 32.9 Å². The SMILES string of the molecule is CCc1ccc(C(C)C)c2scnc12.